The number of likely N-dealkylation sites (tertiary alicyclic amines) is 1. The van der Waals surface area contributed by atoms with E-state index in [2.05, 4.69) is 11.4 Å². The maximum Gasteiger partial charge on any atom is 0.253 e. The molecule has 0 spiro atoms. The number of rotatable bonds is 5. The number of benzene rings is 2. The van der Waals surface area contributed by atoms with Crippen LogP contribution in [0.15, 0.2) is 48.5 Å². The van der Waals surface area contributed by atoms with Crippen LogP contribution >= 0.6 is 0 Å². The van der Waals surface area contributed by atoms with Crippen LogP contribution < -0.4 is 10.2 Å². The summed E-state index contributed by atoms with van der Waals surface area (Å²) in [5.41, 5.74) is 2.63. The van der Waals surface area contributed by atoms with Gasteiger partial charge in [0.25, 0.3) is 5.91 Å². The van der Waals surface area contributed by atoms with Crippen LogP contribution in [0.2, 0.25) is 0 Å². The molecule has 0 aliphatic carbocycles. The molecule has 2 aromatic carbocycles. The summed E-state index contributed by atoms with van der Waals surface area (Å²) in [5, 5.41) is 3.01. The molecular weight excluding hydrogens is 357 g/mol. The van der Waals surface area contributed by atoms with E-state index in [1.54, 1.807) is 4.90 Å². The quantitative estimate of drug-likeness (QED) is 0.863. The monoisotopic (exact) mass is 383 g/mol. The third-order valence-corrected chi connectivity index (χ3v) is 5.14. The van der Waals surface area contributed by atoms with Gasteiger partial charge in [0.15, 0.2) is 0 Å². The lowest BCUT2D eigenvalue weighted by atomic mass is 9.95. The third-order valence-electron chi connectivity index (χ3n) is 5.14. The number of halogens is 1. The molecule has 1 saturated heterocycles. The van der Waals surface area contributed by atoms with Gasteiger partial charge in [-0.05, 0) is 54.8 Å². The van der Waals surface area contributed by atoms with Gasteiger partial charge in [0.2, 0.25) is 5.91 Å². The Labute approximate surface area is 165 Å². The zero-order chi connectivity index (χ0) is 20.1. The van der Waals surface area contributed by atoms with Gasteiger partial charge in [0.05, 0.1) is 0 Å². The summed E-state index contributed by atoms with van der Waals surface area (Å²) in [6, 6.07) is 13.6. The maximum atomic E-state index is 13.0. The van der Waals surface area contributed by atoms with E-state index >= 15 is 0 Å². The van der Waals surface area contributed by atoms with Gasteiger partial charge in [-0.3, -0.25) is 9.59 Å². The molecule has 6 heteroatoms. The molecule has 1 aliphatic rings. The van der Waals surface area contributed by atoms with Crippen molar-refractivity contribution in [3.63, 3.8) is 0 Å². The standard InChI is InChI=1S/C22H26FN3O2/c1-25(2)20-5-3-4-16(14-20)15-24-21(27)17-10-12-26(13-11-17)22(28)18-6-8-19(23)9-7-18/h3-9,14,17H,10-13,15H2,1-2H3,(H,24,27). The molecule has 1 fully saturated rings. The number of nitrogens with zero attached hydrogens (tertiary/aromatic N) is 2. The van der Waals surface area contributed by atoms with Gasteiger partial charge >= 0.3 is 0 Å². The van der Waals surface area contributed by atoms with Crippen molar-refractivity contribution in [3.05, 3.63) is 65.5 Å². The molecule has 1 aliphatic heterocycles. The predicted octanol–water partition coefficient (Wildman–Crippen LogP) is 3.06. The molecule has 0 atom stereocenters. The minimum atomic E-state index is -0.358. The molecular formula is C22H26FN3O2. The second kappa shape index (κ2) is 8.87. The molecule has 0 bridgehead atoms. The zero-order valence-corrected chi connectivity index (χ0v) is 16.3. The van der Waals surface area contributed by atoms with E-state index in [0.717, 1.165) is 11.3 Å². The van der Waals surface area contributed by atoms with E-state index in [1.807, 2.05) is 37.2 Å². The molecule has 2 aromatic rings. The minimum absolute atomic E-state index is 0.0316. The van der Waals surface area contributed by atoms with E-state index < -0.39 is 0 Å². The Kier molecular flexibility index (Phi) is 6.29. The van der Waals surface area contributed by atoms with Crippen LogP contribution in [-0.4, -0.2) is 43.9 Å². The van der Waals surface area contributed by atoms with Gasteiger partial charge in [-0.15, -0.1) is 0 Å². The van der Waals surface area contributed by atoms with Crippen molar-refractivity contribution in [2.45, 2.75) is 19.4 Å². The van der Waals surface area contributed by atoms with Crippen LogP contribution in [0.1, 0.15) is 28.8 Å². The van der Waals surface area contributed by atoms with E-state index in [1.165, 1.54) is 24.3 Å². The number of hydrogen-bond acceptors (Lipinski definition) is 3. The van der Waals surface area contributed by atoms with Crippen molar-refractivity contribution in [2.75, 3.05) is 32.1 Å². The number of piperidine rings is 1. The fraction of sp³-hybridized carbons (Fsp3) is 0.364. The lowest BCUT2D eigenvalue weighted by Gasteiger charge is -2.31. The third kappa shape index (κ3) is 4.88. The summed E-state index contributed by atoms with van der Waals surface area (Å²) in [4.78, 5) is 28.8. The summed E-state index contributed by atoms with van der Waals surface area (Å²) < 4.78 is 13.0. The first-order chi connectivity index (χ1) is 13.4. The molecule has 0 saturated carbocycles. The number of amides is 2. The van der Waals surface area contributed by atoms with E-state index in [0.29, 0.717) is 38.0 Å². The lowest BCUT2D eigenvalue weighted by Crippen LogP contribution is -2.42. The highest BCUT2D eigenvalue weighted by molar-refractivity contribution is 5.94. The Balaban J connectivity index is 1.49. The minimum Gasteiger partial charge on any atom is -0.378 e. The van der Waals surface area contributed by atoms with Crippen molar-refractivity contribution >= 4 is 17.5 Å². The van der Waals surface area contributed by atoms with Crippen LogP contribution in [-0.2, 0) is 11.3 Å². The average Bonchev–Trinajstić information content (AvgIpc) is 2.72. The van der Waals surface area contributed by atoms with Crippen LogP contribution in [0, 0.1) is 11.7 Å². The molecule has 2 amide bonds. The summed E-state index contributed by atoms with van der Waals surface area (Å²) in [5.74, 6) is -0.527. The van der Waals surface area contributed by atoms with E-state index in [-0.39, 0.29) is 23.5 Å². The smallest absolute Gasteiger partial charge is 0.253 e. The fourth-order valence-electron chi connectivity index (χ4n) is 3.40. The predicted molar refractivity (Wildman–Crippen MR) is 108 cm³/mol. The summed E-state index contributed by atoms with van der Waals surface area (Å²) >= 11 is 0. The van der Waals surface area contributed by atoms with Gasteiger partial charge < -0.3 is 15.1 Å². The van der Waals surface area contributed by atoms with Crippen molar-refractivity contribution < 1.29 is 14.0 Å². The highest BCUT2D eigenvalue weighted by Crippen LogP contribution is 2.20. The number of nitrogens with one attached hydrogen (secondary N) is 1. The molecule has 148 valence electrons. The first-order valence-electron chi connectivity index (χ1n) is 9.53. The zero-order valence-electron chi connectivity index (χ0n) is 16.3. The highest BCUT2D eigenvalue weighted by Gasteiger charge is 2.27. The van der Waals surface area contributed by atoms with Crippen molar-refractivity contribution in [2.24, 2.45) is 5.92 Å². The molecule has 1 heterocycles. The Morgan fingerprint density at radius 2 is 1.79 bits per heavy atom. The van der Waals surface area contributed by atoms with Gasteiger partial charge in [0.1, 0.15) is 5.82 Å². The Morgan fingerprint density at radius 3 is 2.43 bits per heavy atom. The first-order valence-corrected chi connectivity index (χ1v) is 9.53. The first kappa shape index (κ1) is 19.9. The number of carbonyl (C=O) groups is 2. The number of anilines is 1. The summed E-state index contributed by atoms with van der Waals surface area (Å²) in [6.07, 6.45) is 1.27. The van der Waals surface area contributed by atoms with Gasteiger partial charge in [-0.2, -0.15) is 0 Å². The van der Waals surface area contributed by atoms with Crippen LogP contribution in [0.5, 0.6) is 0 Å². The van der Waals surface area contributed by atoms with Gasteiger partial charge in [-0.1, -0.05) is 12.1 Å². The maximum absolute atomic E-state index is 13.0. The molecule has 3 rings (SSSR count). The second-order valence-corrected chi connectivity index (χ2v) is 7.36. The van der Waals surface area contributed by atoms with Crippen molar-refractivity contribution in [3.8, 4) is 0 Å². The van der Waals surface area contributed by atoms with Gasteiger partial charge in [0, 0.05) is 50.9 Å². The van der Waals surface area contributed by atoms with Crippen molar-refractivity contribution in [1.82, 2.24) is 10.2 Å². The number of hydrogen-bond donors (Lipinski definition) is 1. The fourth-order valence-corrected chi connectivity index (χ4v) is 3.40. The average molecular weight is 383 g/mol. The SMILES string of the molecule is CN(C)c1cccc(CNC(=O)C2CCN(C(=O)c3ccc(F)cc3)CC2)c1. The Morgan fingerprint density at radius 1 is 1.11 bits per heavy atom. The molecule has 0 aromatic heterocycles. The van der Waals surface area contributed by atoms with E-state index in [9.17, 15) is 14.0 Å². The molecule has 5 nitrogen and oxygen atoms in total. The molecule has 0 radical (unpaired) electrons. The second-order valence-electron chi connectivity index (χ2n) is 7.36. The number of carbonyl (C=O) groups excluding carboxylic acids is 2. The van der Waals surface area contributed by atoms with Crippen LogP contribution in [0.4, 0.5) is 10.1 Å². The summed E-state index contributed by atoms with van der Waals surface area (Å²) in [7, 11) is 3.97. The topological polar surface area (TPSA) is 52.7 Å². The Hall–Kier alpha value is -2.89. The molecule has 1 N–H and O–H groups in total. The molecule has 28 heavy (non-hydrogen) atoms. The van der Waals surface area contributed by atoms with Crippen LogP contribution in [0.3, 0.4) is 0 Å². The highest BCUT2D eigenvalue weighted by atomic mass is 19.1. The Bertz CT molecular complexity index is 828. The van der Waals surface area contributed by atoms with Crippen molar-refractivity contribution in [1.29, 1.82) is 0 Å². The van der Waals surface area contributed by atoms with Gasteiger partial charge in [-0.25, -0.2) is 4.39 Å². The van der Waals surface area contributed by atoms with E-state index in [4.69, 9.17) is 0 Å². The lowest BCUT2D eigenvalue weighted by molar-refractivity contribution is -0.126. The normalized spacial score (nSPS) is 14.6. The molecule has 0 unspecified atom stereocenters. The largest absolute Gasteiger partial charge is 0.378 e. The summed E-state index contributed by atoms with van der Waals surface area (Å²) in [6.45, 7) is 1.56. The van der Waals surface area contributed by atoms with Crippen LogP contribution in [0.25, 0.3) is 0 Å².